The lowest BCUT2D eigenvalue weighted by Crippen LogP contribution is -2.31. The fourth-order valence-electron chi connectivity index (χ4n) is 1.29. The van der Waals surface area contributed by atoms with Crippen molar-refractivity contribution in [1.29, 1.82) is 0 Å². The summed E-state index contributed by atoms with van der Waals surface area (Å²) in [4.78, 5) is 4.42. The standard InChI is InChI=1S/C11H13FN2S/c1-3-11(2,13)10-14-8-5-4-7(12)6-9(8)15-10/h4-6H,3,13H2,1-2H3. The molecule has 0 fully saturated rings. The Labute approximate surface area is 91.9 Å². The summed E-state index contributed by atoms with van der Waals surface area (Å²) in [5.41, 5.74) is 6.50. The molecule has 0 saturated carbocycles. The maximum Gasteiger partial charge on any atom is 0.124 e. The van der Waals surface area contributed by atoms with Crippen molar-refractivity contribution >= 4 is 21.6 Å². The lowest BCUT2D eigenvalue weighted by atomic mass is 10.0. The largest absolute Gasteiger partial charge is 0.320 e. The van der Waals surface area contributed by atoms with Gasteiger partial charge in [0.15, 0.2) is 0 Å². The summed E-state index contributed by atoms with van der Waals surface area (Å²) < 4.78 is 13.8. The number of rotatable bonds is 2. The molecule has 0 bridgehead atoms. The van der Waals surface area contributed by atoms with E-state index in [1.165, 1.54) is 23.5 Å². The summed E-state index contributed by atoms with van der Waals surface area (Å²) in [7, 11) is 0. The molecule has 0 aliphatic heterocycles. The number of halogens is 1. The molecule has 2 aromatic rings. The molecule has 0 radical (unpaired) electrons. The Morgan fingerprint density at radius 1 is 1.53 bits per heavy atom. The number of benzene rings is 1. The number of aromatic nitrogens is 1. The van der Waals surface area contributed by atoms with Crippen LogP contribution in [0.5, 0.6) is 0 Å². The van der Waals surface area contributed by atoms with Crippen LogP contribution in [0.3, 0.4) is 0 Å². The molecule has 2 nitrogen and oxygen atoms in total. The van der Waals surface area contributed by atoms with Gasteiger partial charge in [-0.1, -0.05) is 6.92 Å². The van der Waals surface area contributed by atoms with Crippen molar-refractivity contribution in [3.63, 3.8) is 0 Å². The van der Waals surface area contributed by atoms with Crippen LogP contribution in [0.4, 0.5) is 4.39 Å². The van der Waals surface area contributed by atoms with E-state index in [1.807, 2.05) is 13.8 Å². The number of hydrogen-bond acceptors (Lipinski definition) is 3. The molecule has 1 unspecified atom stereocenters. The summed E-state index contributed by atoms with van der Waals surface area (Å²) in [5.74, 6) is -0.229. The van der Waals surface area contributed by atoms with Crippen LogP contribution in [-0.4, -0.2) is 4.98 Å². The fourth-order valence-corrected chi connectivity index (χ4v) is 2.41. The van der Waals surface area contributed by atoms with Crippen LogP contribution in [0.2, 0.25) is 0 Å². The third-order valence-electron chi connectivity index (χ3n) is 2.57. The van der Waals surface area contributed by atoms with Crippen molar-refractivity contribution in [3.05, 3.63) is 29.0 Å². The van der Waals surface area contributed by atoms with Crippen LogP contribution in [-0.2, 0) is 5.54 Å². The molecule has 0 spiro atoms. The smallest absolute Gasteiger partial charge is 0.124 e. The normalized spacial score (nSPS) is 15.5. The maximum atomic E-state index is 13.0. The molecule has 1 heterocycles. The second-order valence-corrected chi connectivity index (χ2v) is 4.93. The molecule has 4 heteroatoms. The van der Waals surface area contributed by atoms with Gasteiger partial charge in [0.2, 0.25) is 0 Å². The highest BCUT2D eigenvalue weighted by Gasteiger charge is 2.23. The molecule has 1 aromatic carbocycles. The Hall–Kier alpha value is -1.000. The maximum absolute atomic E-state index is 13.0. The highest BCUT2D eigenvalue weighted by Crippen LogP contribution is 2.30. The topological polar surface area (TPSA) is 38.9 Å². The van der Waals surface area contributed by atoms with Gasteiger partial charge in [-0.25, -0.2) is 9.37 Å². The zero-order valence-electron chi connectivity index (χ0n) is 8.75. The molecule has 0 aliphatic rings. The van der Waals surface area contributed by atoms with Gasteiger partial charge in [-0.3, -0.25) is 0 Å². The van der Waals surface area contributed by atoms with E-state index in [9.17, 15) is 4.39 Å². The minimum Gasteiger partial charge on any atom is -0.320 e. The van der Waals surface area contributed by atoms with Crippen molar-refractivity contribution in [2.75, 3.05) is 0 Å². The van der Waals surface area contributed by atoms with Gasteiger partial charge in [0.25, 0.3) is 0 Å². The van der Waals surface area contributed by atoms with Gasteiger partial charge in [0.05, 0.1) is 15.8 Å². The van der Waals surface area contributed by atoms with Crippen molar-refractivity contribution < 1.29 is 4.39 Å². The van der Waals surface area contributed by atoms with E-state index in [0.29, 0.717) is 0 Å². The predicted octanol–water partition coefficient (Wildman–Crippen LogP) is 3.02. The average Bonchev–Trinajstić information content (AvgIpc) is 2.61. The Bertz CT molecular complexity index is 490. The summed E-state index contributed by atoms with van der Waals surface area (Å²) in [6.45, 7) is 3.97. The number of nitrogens with two attached hydrogens (primary N) is 1. The molecule has 0 aliphatic carbocycles. The minimum absolute atomic E-state index is 0.229. The van der Waals surface area contributed by atoms with Gasteiger partial charge in [0.1, 0.15) is 10.8 Å². The quantitative estimate of drug-likeness (QED) is 0.851. The zero-order valence-corrected chi connectivity index (χ0v) is 9.57. The first kappa shape index (κ1) is 10.5. The van der Waals surface area contributed by atoms with Crippen LogP contribution in [0.25, 0.3) is 10.2 Å². The Morgan fingerprint density at radius 3 is 2.93 bits per heavy atom. The number of nitrogens with zero attached hydrogens (tertiary/aromatic N) is 1. The first-order valence-electron chi connectivity index (χ1n) is 4.88. The molecule has 2 N–H and O–H groups in total. The van der Waals surface area contributed by atoms with E-state index in [0.717, 1.165) is 21.6 Å². The first-order valence-corrected chi connectivity index (χ1v) is 5.70. The Kier molecular flexibility index (Phi) is 2.48. The van der Waals surface area contributed by atoms with Gasteiger partial charge in [-0.05, 0) is 31.5 Å². The van der Waals surface area contributed by atoms with Gasteiger partial charge in [-0.15, -0.1) is 11.3 Å². The van der Waals surface area contributed by atoms with Gasteiger partial charge < -0.3 is 5.73 Å². The predicted molar refractivity (Wildman–Crippen MR) is 61.4 cm³/mol. The molecular weight excluding hydrogens is 211 g/mol. The van der Waals surface area contributed by atoms with E-state index in [2.05, 4.69) is 4.98 Å². The van der Waals surface area contributed by atoms with Gasteiger partial charge in [-0.2, -0.15) is 0 Å². The highest BCUT2D eigenvalue weighted by atomic mass is 32.1. The molecule has 0 saturated heterocycles. The molecule has 80 valence electrons. The van der Waals surface area contributed by atoms with E-state index >= 15 is 0 Å². The lowest BCUT2D eigenvalue weighted by molar-refractivity contribution is 0.474. The summed E-state index contributed by atoms with van der Waals surface area (Å²) >= 11 is 1.47. The third kappa shape index (κ3) is 1.87. The molecular formula is C11H13FN2S. The molecule has 15 heavy (non-hydrogen) atoms. The van der Waals surface area contributed by atoms with Crippen LogP contribution >= 0.6 is 11.3 Å². The average molecular weight is 224 g/mol. The third-order valence-corrected chi connectivity index (χ3v) is 3.87. The molecule has 2 rings (SSSR count). The lowest BCUT2D eigenvalue weighted by Gasteiger charge is -2.18. The van der Waals surface area contributed by atoms with E-state index in [4.69, 9.17) is 5.73 Å². The van der Waals surface area contributed by atoms with Crippen LogP contribution < -0.4 is 5.73 Å². The van der Waals surface area contributed by atoms with E-state index in [1.54, 1.807) is 6.07 Å². The van der Waals surface area contributed by atoms with E-state index < -0.39 is 5.54 Å². The number of fused-ring (bicyclic) bond motifs is 1. The van der Waals surface area contributed by atoms with Crippen molar-refractivity contribution in [3.8, 4) is 0 Å². The van der Waals surface area contributed by atoms with Gasteiger partial charge >= 0.3 is 0 Å². The van der Waals surface area contributed by atoms with Crippen LogP contribution in [0.1, 0.15) is 25.3 Å². The summed E-state index contributed by atoms with van der Waals surface area (Å²) in [6, 6.07) is 4.62. The number of thiazole rings is 1. The first-order chi connectivity index (χ1) is 7.03. The SMILES string of the molecule is CCC(C)(N)c1nc2ccc(F)cc2s1. The molecule has 1 aromatic heterocycles. The summed E-state index contributed by atoms with van der Waals surface area (Å²) in [5, 5.41) is 0.866. The second-order valence-electron chi connectivity index (χ2n) is 3.90. The van der Waals surface area contributed by atoms with Gasteiger partial charge in [0, 0.05) is 0 Å². The van der Waals surface area contributed by atoms with Crippen LogP contribution in [0, 0.1) is 5.82 Å². The van der Waals surface area contributed by atoms with Crippen LogP contribution in [0.15, 0.2) is 18.2 Å². The Balaban J connectivity index is 2.56. The zero-order chi connectivity index (χ0) is 11.1. The van der Waals surface area contributed by atoms with E-state index in [-0.39, 0.29) is 5.82 Å². The Morgan fingerprint density at radius 2 is 2.27 bits per heavy atom. The second kappa shape index (κ2) is 3.54. The summed E-state index contributed by atoms with van der Waals surface area (Å²) in [6.07, 6.45) is 0.815. The molecule has 0 amide bonds. The molecule has 1 atom stereocenters. The minimum atomic E-state index is -0.417. The fraction of sp³-hybridized carbons (Fsp3) is 0.364. The number of hydrogen-bond donors (Lipinski definition) is 1. The van der Waals surface area contributed by atoms with Crippen molar-refractivity contribution in [2.24, 2.45) is 5.73 Å². The van der Waals surface area contributed by atoms with Crippen molar-refractivity contribution in [1.82, 2.24) is 4.98 Å². The van der Waals surface area contributed by atoms with Crippen molar-refractivity contribution in [2.45, 2.75) is 25.8 Å². The highest BCUT2D eigenvalue weighted by molar-refractivity contribution is 7.18. The monoisotopic (exact) mass is 224 g/mol.